The molecule has 0 aliphatic heterocycles. The van der Waals surface area contributed by atoms with E-state index in [2.05, 4.69) is 11.4 Å². The van der Waals surface area contributed by atoms with Gasteiger partial charge in [-0.15, -0.1) is 0 Å². The molecular weight excluding hydrogens is 317 g/mol. The highest BCUT2D eigenvalue weighted by Gasteiger charge is 2.22. The maximum Gasteiger partial charge on any atom is 0.469 e. The topological polar surface area (TPSA) is 87.0 Å². The summed E-state index contributed by atoms with van der Waals surface area (Å²) in [5.74, 6) is 0. The van der Waals surface area contributed by atoms with Gasteiger partial charge in [-0.25, -0.2) is 4.57 Å². The minimum absolute atomic E-state index is 0.0121. The molecule has 0 radical (unpaired) electrons. The largest absolute Gasteiger partial charge is 0.469 e. The molecule has 0 fully saturated rings. The molecule has 0 rings (SSSR count). The molecule has 0 saturated heterocycles. The first-order valence-corrected chi connectivity index (χ1v) is 10.4. The van der Waals surface area contributed by atoms with Crippen LogP contribution in [0, 0.1) is 0 Å². The van der Waals surface area contributed by atoms with Crippen LogP contribution in [0.5, 0.6) is 0 Å². The number of phosphoric acid groups is 1. The molecule has 0 aromatic carbocycles. The van der Waals surface area contributed by atoms with Crippen LogP contribution in [-0.2, 0) is 9.09 Å². The zero-order chi connectivity index (χ0) is 17.8. The Kier molecular flexibility index (Phi) is 12.4. The van der Waals surface area contributed by atoms with E-state index in [-0.39, 0.29) is 12.7 Å². The van der Waals surface area contributed by atoms with Gasteiger partial charge in [-0.3, -0.25) is 4.52 Å². The Morgan fingerprint density at radius 2 is 1.52 bits per heavy atom. The summed E-state index contributed by atoms with van der Waals surface area (Å²) in [5.41, 5.74) is 0. The number of rotatable bonds is 15. The summed E-state index contributed by atoms with van der Waals surface area (Å²) in [7, 11) is -0.533. The third kappa shape index (κ3) is 16.7. The van der Waals surface area contributed by atoms with E-state index in [1.807, 2.05) is 14.1 Å². The smallest absolute Gasteiger partial charge is 0.387 e. The fourth-order valence-corrected chi connectivity index (χ4v) is 2.99. The van der Waals surface area contributed by atoms with Crippen LogP contribution in [0.15, 0.2) is 0 Å². The molecule has 0 heterocycles. The van der Waals surface area contributed by atoms with Gasteiger partial charge in [0.05, 0.1) is 14.1 Å². The number of aliphatic hydroxyl groups excluding tert-OH is 1. The molecule has 140 valence electrons. The highest BCUT2D eigenvalue weighted by atomic mass is 31.2. The summed E-state index contributed by atoms with van der Waals surface area (Å²) >= 11 is 0. The van der Waals surface area contributed by atoms with Crippen LogP contribution in [0.1, 0.15) is 64.7 Å². The predicted molar refractivity (Wildman–Crippen MR) is 93.1 cm³/mol. The number of nitrogens with zero attached hydrogens (tertiary/aromatic N) is 1. The zero-order valence-corrected chi connectivity index (χ0v) is 16.0. The van der Waals surface area contributed by atoms with Gasteiger partial charge in [0.1, 0.15) is 25.8 Å². The van der Waals surface area contributed by atoms with Crippen LogP contribution in [0.3, 0.4) is 0 Å². The first-order valence-electron chi connectivity index (χ1n) is 8.86. The summed E-state index contributed by atoms with van der Waals surface area (Å²) < 4.78 is 15.6. The molecule has 1 atom stereocenters. The number of aliphatic hydroxyl groups is 1. The Hall–Kier alpha value is 0.0300. The Labute approximate surface area is 141 Å². The second-order valence-corrected chi connectivity index (χ2v) is 8.32. The highest BCUT2D eigenvalue weighted by molar-refractivity contribution is 7.46. The van der Waals surface area contributed by atoms with Gasteiger partial charge in [-0.2, -0.15) is 0 Å². The molecule has 0 saturated carbocycles. The molecule has 1 unspecified atom stereocenters. The second-order valence-electron chi connectivity index (χ2n) is 7.08. The summed E-state index contributed by atoms with van der Waals surface area (Å²) in [5, 5.41) is 10.1. The van der Waals surface area contributed by atoms with Crippen LogP contribution in [0.4, 0.5) is 0 Å². The molecule has 7 heteroatoms. The number of hydrogen-bond donors (Lipinski definition) is 3. The van der Waals surface area contributed by atoms with Gasteiger partial charge in [0.15, 0.2) is 0 Å². The van der Waals surface area contributed by atoms with E-state index in [1.54, 1.807) is 0 Å². The molecule has 0 aromatic rings. The van der Waals surface area contributed by atoms with Crippen molar-refractivity contribution >= 4 is 7.82 Å². The molecule has 0 aromatic heterocycles. The van der Waals surface area contributed by atoms with E-state index in [4.69, 9.17) is 9.79 Å². The third-order valence-corrected chi connectivity index (χ3v) is 4.57. The average Bonchev–Trinajstić information content (AvgIpc) is 2.39. The van der Waals surface area contributed by atoms with E-state index in [0.717, 1.165) is 19.3 Å². The van der Waals surface area contributed by atoms with Crippen molar-refractivity contribution in [1.29, 1.82) is 0 Å². The van der Waals surface area contributed by atoms with Crippen molar-refractivity contribution in [2.75, 3.05) is 33.8 Å². The molecule has 0 spiro atoms. The monoisotopic (exact) mass is 354 g/mol. The third-order valence-electron chi connectivity index (χ3n) is 4.05. The van der Waals surface area contributed by atoms with Crippen LogP contribution in [-0.4, -0.2) is 59.3 Å². The Bertz CT molecular complexity index is 332. The lowest BCUT2D eigenvalue weighted by molar-refractivity contribution is -0.893. The van der Waals surface area contributed by atoms with Crippen molar-refractivity contribution in [3.8, 4) is 0 Å². The first-order chi connectivity index (χ1) is 10.7. The van der Waals surface area contributed by atoms with Gasteiger partial charge in [-0.05, 0) is 6.42 Å². The van der Waals surface area contributed by atoms with E-state index in [9.17, 15) is 9.67 Å². The van der Waals surface area contributed by atoms with E-state index >= 15 is 0 Å². The van der Waals surface area contributed by atoms with E-state index in [0.29, 0.717) is 17.6 Å². The van der Waals surface area contributed by atoms with Gasteiger partial charge >= 0.3 is 7.82 Å². The van der Waals surface area contributed by atoms with Crippen LogP contribution in [0.2, 0.25) is 0 Å². The van der Waals surface area contributed by atoms with Gasteiger partial charge < -0.3 is 19.4 Å². The van der Waals surface area contributed by atoms with Gasteiger partial charge in [-0.1, -0.05) is 58.3 Å². The molecule has 0 aliphatic rings. The molecule has 3 N–H and O–H groups in total. The van der Waals surface area contributed by atoms with E-state index in [1.165, 1.54) is 38.5 Å². The van der Waals surface area contributed by atoms with Crippen LogP contribution >= 0.6 is 7.82 Å². The van der Waals surface area contributed by atoms with Crippen LogP contribution < -0.4 is 0 Å². The summed E-state index contributed by atoms with van der Waals surface area (Å²) in [6, 6.07) is 0. The minimum Gasteiger partial charge on any atom is -0.387 e. The van der Waals surface area contributed by atoms with Crippen molar-refractivity contribution in [1.82, 2.24) is 0 Å². The average molecular weight is 354 g/mol. The maximum atomic E-state index is 10.6. The highest BCUT2D eigenvalue weighted by Crippen LogP contribution is 2.35. The fraction of sp³-hybridized carbons (Fsp3) is 1.00. The quantitative estimate of drug-likeness (QED) is 0.239. The zero-order valence-electron chi connectivity index (χ0n) is 15.1. The first kappa shape index (κ1) is 23.0. The summed E-state index contributed by atoms with van der Waals surface area (Å²) in [6.07, 6.45) is 10.4. The number of unbranched alkanes of at least 4 members (excludes halogenated alkanes) is 7. The fourth-order valence-electron chi connectivity index (χ4n) is 2.67. The van der Waals surface area contributed by atoms with Crippen molar-refractivity contribution in [2.45, 2.75) is 70.8 Å². The lowest BCUT2D eigenvalue weighted by atomic mass is 10.1. The standard InChI is InChI=1S/C16H36NO5P/c1-4-5-6-7-8-9-10-11-12-16(18)15-17(2,3)13-14-22-23(19,20)21/h16,18H,4-15H2,1-3H3,(H-,19,20,21)/p+1. The predicted octanol–water partition coefficient (Wildman–Crippen LogP) is 3.06. The molecule has 6 nitrogen and oxygen atoms in total. The van der Waals surface area contributed by atoms with Crippen molar-refractivity contribution < 1.29 is 28.5 Å². The Balaban J connectivity index is 3.66. The van der Waals surface area contributed by atoms with Gasteiger partial charge in [0, 0.05) is 0 Å². The number of phosphoric ester groups is 1. The summed E-state index contributed by atoms with van der Waals surface area (Å²) in [4.78, 5) is 17.3. The minimum atomic E-state index is -4.39. The Morgan fingerprint density at radius 1 is 1.00 bits per heavy atom. The van der Waals surface area contributed by atoms with Crippen molar-refractivity contribution in [2.24, 2.45) is 0 Å². The number of likely N-dealkylation sites (N-methyl/N-ethyl adjacent to an activating group) is 1. The maximum absolute atomic E-state index is 10.6. The molecule has 0 bridgehead atoms. The van der Waals surface area contributed by atoms with E-state index < -0.39 is 7.82 Å². The lowest BCUT2D eigenvalue weighted by Crippen LogP contribution is -2.47. The number of hydrogen-bond acceptors (Lipinski definition) is 3. The van der Waals surface area contributed by atoms with Crippen molar-refractivity contribution in [3.05, 3.63) is 0 Å². The van der Waals surface area contributed by atoms with Crippen LogP contribution in [0.25, 0.3) is 0 Å². The SMILES string of the molecule is CCCCCCCCCCC(O)C[N+](C)(C)CCOP(=O)(O)O. The van der Waals surface area contributed by atoms with Gasteiger partial charge in [0.2, 0.25) is 0 Å². The Morgan fingerprint density at radius 3 is 2.04 bits per heavy atom. The normalized spacial score (nSPS) is 14.2. The van der Waals surface area contributed by atoms with Crippen molar-refractivity contribution in [3.63, 3.8) is 0 Å². The molecule has 0 aliphatic carbocycles. The van der Waals surface area contributed by atoms with Gasteiger partial charge in [0.25, 0.3) is 0 Å². The lowest BCUT2D eigenvalue weighted by Gasteiger charge is -2.31. The molecule has 0 amide bonds. The number of quaternary nitrogens is 1. The summed E-state index contributed by atoms with van der Waals surface area (Å²) in [6.45, 7) is 3.24. The molecule has 23 heavy (non-hydrogen) atoms. The second kappa shape index (κ2) is 12.4. The molecular formula is C16H37NO5P+.